The van der Waals surface area contributed by atoms with Gasteiger partial charge in [-0.15, -0.1) is 0 Å². The molecule has 0 amide bonds. The number of nitrogens with zero attached hydrogens (tertiary/aromatic N) is 11. The van der Waals surface area contributed by atoms with Crippen LogP contribution >= 0.6 is 0 Å². The minimum Gasteiger partial charge on any atom is -0.397 e. The lowest BCUT2D eigenvalue weighted by Crippen LogP contribution is -2.39. The Morgan fingerprint density at radius 1 is 0.485 bits per heavy atom. The smallest absolute Gasteiger partial charge is 0.152 e. The first kappa shape index (κ1) is 48.5. The molecule has 0 fully saturated rings. The summed E-state index contributed by atoms with van der Waals surface area (Å²) in [5, 5.41) is 24.2. The van der Waals surface area contributed by atoms with Gasteiger partial charge in [0.05, 0.1) is 89.7 Å². The number of rotatable bonds is 5. The van der Waals surface area contributed by atoms with Crippen molar-refractivity contribution in [3.8, 4) is 0 Å². The third-order valence-corrected chi connectivity index (χ3v) is 11.7. The summed E-state index contributed by atoms with van der Waals surface area (Å²) in [5.74, 6) is 4.89. The molecule has 0 atom stereocenters. The molecule has 66 heavy (non-hydrogen) atoms. The highest BCUT2D eigenvalue weighted by molar-refractivity contribution is 5.74. The maximum absolute atomic E-state index is 8.90. The van der Waals surface area contributed by atoms with Crippen LogP contribution in [0.25, 0.3) is 0 Å². The van der Waals surface area contributed by atoms with Gasteiger partial charge in [0.15, 0.2) is 5.82 Å². The van der Waals surface area contributed by atoms with Crippen molar-refractivity contribution in [1.82, 2.24) is 24.9 Å². The highest BCUT2D eigenvalue weighted by Gasteiger charge is 2.21. The van der Waals surface area contributed by atoms with Gasteiger partial charge < -0.3 is 78.9 Å². The van der Waals surface area contributed by atoms with Crippen LogP contribution in [-0.2, 0) is 12.8 Å². The molecule has 14 N–H and O–H groups in total. The van der Waals surface area contributed by atoms with Gasteiger partial charge >= 0.3 is 0 Å². The van der Waals surface area contributed by atoms with Gasteiger partial charge in [0.1, 0.15) is 23.3 Å². The maximum atomic E-state index is 8.90. The zero-order valence-corrected chi connectivity index (χ0v) is 39.0. The highest BCUT2D eigenvalue weighted by atomic mass is 16.3. The Bertz CT molecular complexity index is 2330. The predicted octanol–water partition coefficient (Wildman–Crippen LogP) is 2.81. The number of aromatic nitrogens is 5. The Labute approximate surface area is 388 Å². The van der Waals surface area contributed by atoms with E-state index in [1.54, 1.807) is 31.0 Å². The summed E-state index contributed by atoms with van der Waals surface area (Å²) in [6.07, 6.45) is 12.9. The quantitative estimate of drug-likeness (QED) is 0.123. The average molecular weight is 907 g/mol. The first-order valence-electron chi connectivity index (χ1n) is 22.7. The van der Waals surface area contributed by atoms with E-state index in [1.807, 2.05) is 37.4 Å². The molecule has 5 aliphatic rings. The number of aliphatic hydroxyl groups is 2. The highest BCUT2D eigenvalue weighted by Crippen LogP contribution is 2.32. The van der Waals surface area contributed by atoms with Crippen LogP contribution in [0.2, 0.25) is 0 Å². The normalized spacial score (nSPS) is 15.4. The summed E-state index contributed by atoms with van der Waals surface area (Å²) < 4.78 is 0. The summed E-state index contributed by atoms with van der Waals surface area (Å²) >= 11 is 0. The Morgan fingerprint density at radius 2 is 0.970 bits per heavy atom. The summed E-state index contributed by atoms with van der Waals surface area (Å²) in [7, 11) is 6.18. The van der Waals surface area contributed by atoms with E-state index in [0.717, 1.165) is 141 Å². The van der Waals surface area contributed by atoms with Gasteiger partial charge in [-0.25, -0.2) is 24.9 Å². The van der Waals surface area contributed by atoms with Gasteiger partial charge in [0.25, 0.3) is 0 Å². The van der Waals surface area contributed by atoms with E-state index in [9.17, 15) is 0 Å². The van der Waals surface area contributed by atoms with Crippen molar-refractivity contribution < 1.29 is 10.2 Å². The zero-order chi connectivity index (χ0) is 47.2. The van der Waals surface area contributed by atoms with E-state index in [2.05, 4.69) is 86.0 Å². The minimum absolute atomic E-state index is 0.147. The second-order valence-corrected chi connectivity index (χ2v) is 16.7. The standard InChI is InChI=1S/C10H16N4.C10H15N3O.C9H14N4O.C9H13N3.C8H12N4/c1-3-14-5-4-13(2)10-9(14)6-8(11)7-12-10;11-9-6-8-2-1-3-13(4-5-14)10(8)12-7-9;10-7-5-8-9(12-6-7)11-1-2-13(8)3-4-14;1-12-4-2-3-7-5-8(10)6-11-9(7)12;1-12-3-2-10-8-7(12)4-6(9)5-11-8/h6-7H,3-5,11H2,1-2H3;6-7,14H,1-5,11H2;5-6,14H,1-4,10H2,(H,11,12);5-6H,2-4,10H2,1H3;4-5H,2-3,9H2,1H3,(H,10,11). The summed E-state index contributed by atoms with van der Waals surface area (Å²) in [5.41, 5.74) is 37.6. The van der Waals surface area contributed by atoms with Crippen molar-refractivity contribution in [3.05, 3.63) is 72.4 Å². The number of hydrogen-bond donors (Lipinski definition) is 9. The molecule has 5 aliphatic heterocycles. The minimum atomic E-state index is 0.147. The average Bonchev–Trinajstić information content (AvgIpc) is 3.31. The summed E-state index contributed by atoms with van der Waals surface area (Å²) in [4.78, 5) is 34.3. The molecule has 0 saturated heterocycles. The molecule has 0 bridgehead atoms. The first-order valence-corrected chi connectivity index (χ1v) is 22.7. The second-order valence-electron chi connectivity index (χ2n) is 16.7. The van der Waals surface area contributed by atoms with E-state index >= 15 is 0 Å². The molecule has 10 heterocycles. The van der Waals surface area contributed by atoms with Crippen molar-refractivity contribution in [2.75, 3.05) is 175 Å². The van der Waals surface area contributed by atoms with E-state index < -0.39 is 0 Å². The molecule has 5 aromatic rings. The molecular formula is C46H70N18O2. The summed E-state index contributed by atoms with van der Waals surface area (Å²) in [6.45, 7) is 12.6. The Hall–Kier alpha value is -6.93. The number of hydrogen-bond acceptors (Lipinski definition) is 20. The molecule has 0 spiro atoms. The fourth-order valence-electron chi connectivity index (χ4n) is 8.36. The number of nitrogens with one attached hydrogen (secondary N) is 2. The van der Waals surface area contributed by atoms with Crippen molar-refractivity contribution in [2.45, 2.75) is 32.6 Å². The molecule has 0 aromatic carbocycles. The van der Waals surface area contributed by atoms with Gasteiger partial charge in [-0.1, -0.05) is 0 Å². The summed E-state index contributed by atoms with van der Waals surface area (Å²) in [6, 6.07) is 9.82. The third kappa shape index (κ3) is 12.7. The van der Waals surface area contributed by atoms with Crippen LogP contribution in [0.4, 0.5) is 74.6 Å². The van der Waals surface area contributed by atoms with Crippen LogP contribution in [0.15, 0.2) is 61.3 Å². The third-order valence-electron chi connectivity index (χ3n) is 11.7. The number of pyridine rings is 5. The second kappa shape index (κ2) is 23.3. The Kier molecular flexibility index (Phi) is 17.1. The predicted molar refractivity (Wildman–Crippen MR) is 273 cm³/mol. The maximum Gasteiger partial charge on any atom is 0.152 e. The Morgan fingerprint density at radius 3 is 1.61 bits per heavy atom. The van der Waals surface area contributed by atoms with Crippen molar-refractivity contribution >= 4 is 74.6 Å². The van der Waals surface area contributed by atoms with E-state index in [0.29, 0.717) is 24.5 Å². The van der Waals surface area contributed by atoms with E-state index in [1.165, 1.54) is 17.5 Å². The van der Waals surface area contributed by atoms with Gasteiger partial charge in [0.2, 0.25) is 0 Å². The van der Waals surface area contributed by atoms with Crippen molar-refractivity contribution in [2.24, 2.45) is 0 Å². The fraction of sp³-hybridized carbons (Fsp3) is 0.457. The van der Waals surface area contributed by atoms with Crippen LogP contribution in [0.3, 0.4) is 0 Å². The van der Waals surface area contributed by atoms with Crippen molar-refractivity contribution in [3.63, 3.8) is 0 Å². The molecule has 0 saturated carbocycles. The largest absolute Gasteiger partial charge is 0.397 e. The lowest BCUT2D eigenvalue weighted by Gasteiger charge is -2.35. The molecule has 5 aromatic heterocycles. The van der Waals surface area contributed by atoms with Crippen LogP contribution in [0.5, 0.6) is 0 Å². The number of aryl methyl sites for hydroxylation is 2. The first-order chi connectivity index (χ1) is 31.9. The number of anilines is 13. The molecule has 0 aliphatic carbocycles. The van der Waals surface area contributed by atoms with Crippen LogP contribution in [0, 0.1) is 0 Å². The Balaban J connectivity index is 0.000000137. The number of likely N-dealkylation sites (N-methyl/N-ethyl adjacent to an activating group) is 3. The molecule has 20 nitrogen and oxygen atoms in total. The number of β-amino-alcohol motifs (C(OH)–C–C–N with tert-alkyl or cyclic N) is 2. The topological polar surface area (TPSA) is 279 Å². The molecule has 356 valence electrons. The number of aliphatic hydroxyl groups excluding tert-OH is 2. The van der Waals surface area contributed by atoms with Crippen LogP contribution in [0.1, 0.15) is 30.9 Å². The lowest BCUT2D eigenvalue weighted by molar-refractivity contribution is 0.300. The van der Waals surface area contributed by atoms with Crippen molar-refractivity contribution in [1.29, 1.82) is 0 Å². The molecule has 10 rings (SSSR count). The lowest BCUT2D eigenvalue weighted by atomic mass is 10.1. The molecule has 0 radical (unpaired) electrons. The van der Waals surface area contributed by atoms with Gasteiger partial charge in [0, 0.05) is 93.1 Å². The zero-order valence-electron chi connectivity index (χ0n) is 39.0. The number of nitrogen functional groups attached to an aromatic ring is 5. The van der Waals surface area contributed by atoms with Crippen LogP contribution < -0.4 is 68.7 Å². The number of nitrogens with two attached hydrogens (primary N) is 5. The van der Waals surface area contributed by atoms with Crippen LogP contribution in [-0.4, -0.2) is 141 Å². The molecule has 20 heteroatoms. The molecule has 0 unspecified atom stereocenters. The SMILES string of the molecule is CCN1CCN(C)c2ncc(N)cc21.CN1CCCc2cc(N)cnc21.CN1CCNc2ncc(N)cc21.Nc1cnc2c(c1)CCCN2CCO.Nc1cnc2c(c1)N(CCO)CCN2. The van der Waals surface area contributed by atoms with E-state index in [-0.39, 0.29) is 13.2 Å². The van der Waals surface area contributed by atoms with Gasteiger partial charge in [-0.2, -0.15) is 0 Å². The van der Waals surface area contributed by atoms with E-state index in [4.69, 9.17) is 38.9 Å². The monoisotopic (exact) mass is 907 g/mol. The van der Waals surface area contributed by atoms with Gasteiger partial charge in [-0.3, -0.25) is 0 Å². The number of fused-ring (bicyclic) bond motifs is 5. The fourth-order valence-corrected chi connectivity index (χ4v) is 8.36. The molecular weight excluding hydrogens is 837 g/mol. The van der Waals surface area contributed by atoms with Gasteiger partial charge in [-0.05, 0) is 74.1 Å².